The molecule has 3 N–H and O–H groups in total. The van der Waals surface area contributed by atoms with Crippen molar-refractivity contribution in [3.63, 3.8) is 0 Å². The first-order chi connectivity index (χ1) is 10.6. The van der Waals surface area contributed by atoms with E-state index in [1.165, 1.54) is 14.2 Å². The van der Waals surface area contributed by atoms with Crippen LogP contribution in [-0.2, 0) is 14.3 Å². The highest BCUT2D eigenvalue weighted by Crippen LogP contribution is 2.29. The van der Waals surface area contributed by atoms with Gasteiger partial charge in [-0.3, -0.25) is 9.59 Å². The number of benzene rings is 1. The summed E-state index contributed by atoms with van der Waals surface area (Å²) in [5.74, 6) is -0.610. The quantitative estimate of drug-likeness (QED) is 0.452. The molecule has 0 bridgehead atoms. The smallest absolute Gasteiger partial charge is 0.313 e. The van der Waals surface area contributed by atoms with Crippen LogP contribution in [0.25, 0.3) is 0 Å². The van der Waals surface area contributed by atoms with E-state index in [2.05, 4.69) is 10.6 Å². The van der Waals surface area contributed by atoms with Crippen molar-refractivity contribution < 1.29 is 28.9 Å². The van der Waals surface area contributed by atoms with Crippen molar-refractivity contribution in [1.29, 1.82) is 0 Å². The predicted molar refractivity (Wildman–Crippen MR) is 79.1 cm³/mol. The number of rotatable bonds is 8. The molecule has 0 spiro atoms. The Kier molecular flexibility index (Phi) is 7.73. The number of aliphatic hydroxyl groups excluding tert-OH is 1. The molecule has 0 heterocycles. The van der Waals surface area contributed by atoms with Gasteiger partial charge in [-0.1, -0.05) is 0 Å². The first-order valence-electron chi connectivity index (χ1n) is 6.62. The number of hydrogen-bond acceptors (Lipinski definition) is 6. The average molecular weight is 312 g/mol. The molecule has 8 heteroatoms. The van der Waals surface area contributed by atoms with Gasteiger partial charge in [0.05, 0.1) is 34.0 Å². The maximum atomic E-state index is 11.7. The maximum Gasteiger partial charge on any atom is 0.313 e. The van der Waals surface area contributed by atoms with E-state index < -0.39 is 11.8 Å². The van der Waals surface area contributed by atoms with E-state index in [0.29, 0.717) is 17.2 Å². The number of carbonyl (C=O) groups excluding carboxylic acids is 2. The summed E-state index contributed by atoms with van der Waals surface area (Å²) in [4.78, 5) is 23.3. The first kappa shape index (κ1) is 17.7. The Hall–Kier alpha value is -2.32. The van der Waals surface area contributed by atoms with Crippen LogP contribution in [-0.4, -0.2) is 57.5 Å². The van der Waals surface area contributed by atoms with Crippen LogP contribution in [0.4, 0.5) is 5.69 Å². The lowest BCUT2D eigenvalue weighted by atomic mass is 10.2. The Bertz CT molecular complexity index is 506. The van der Waals surface area contributed by atoms with E-state index >= 15 is 0 Å². The van der Waals surface area contributed by atoms with E-state index in [0.717, 1.165) is 0 Å². The molecule has 0 aliphatic rings. The third-order valence-corrected chi connectivity index (χ3v) is 2.62. The molecule has 1 rings (SSSR count). The highest BCUT2D eigenvalue weighted by Gasteiger charge is 2.14. The minimum atomic E-state index is -0.797. The molecule has 0 unspecified atom stereocenters. The summed E-state index contributed by atoms with van der Waals surface area (Å²) in [6.07, 6.45) is 0. The second-order valence-corrected chi connectivity index (χ2v) is 4.12. The van der Waals surface area contributed by atoms with E-state index in [1.54, 1.807) is 18.2 Å². The van der Waals surface area contributed by atoms with Crippen molar-refractivity contribution in [2.24, 2.45) is 0 Å². The van der Waals surface area contributed by atoms with Crippen molar-refractivity contribution >= 4 is 17.5 Å². The fourth-order valence-corrected chi connectivity index (χ4v) is 1.59. The molecule has 1 aromatic rings. The normalized spacial score (nSPS) is 9.95. The molecule has 0 aliphatic heterocycles. The third-order valence-electron chi connectivity index (χ3n) is 2.62. The number of carbonyl (C=O) groups is 2. The van der Waals surface area contributed by atoms with E-state index in [9.17, 15) is 9.59 Å². The summed E-state index contributed by atoms with van der Waals surface area (Å²) < 4.78 is 15.1. The van der Waals surface area contributed by atoms with E-state index in [-0.39, 0.29) is 26.4 Å². The van der Waals surface area contributed by atoms with Gasteiger partial charge in [-0.2, -0.15) is 0 Å². The largest absolute Gasteiger partial charge is 0.493 e. The molecule has 8 nitrogen and oxygen atoms in total. The highest BCUT2D eigenvalue weighted by atomic mass is 16.5. The molecule has 2 amide bonds. The number of aliphatic hydroxyl groups is 1. The van der Waals surface area contributed by atoms with Gasteiger partial charge >= 0.3 is 11.8 Å². The Labute approximate surface area is 128 Å². The fourth-order valence-electron chi connectivity index (χ4n) is 1.59. The van der Waals surface area contributed by atoms with Crippen LogP contribution in [0.5, 0.6) is 11.5 Å². The Morgan fingerprint density at radius 1 is 1.09 bits per heavy atom. The summed E-state index contributed by atoms with van der Waals surface area (Å²) in [6.45, 7) is 0.496. The summed E-state index contributed by atoms with van der Waals surface area (Å²) >= 11 is 0. The lowest BCUT2D eigenvalue weighted by Gasteiger charge is -2.10. The van der Waals surface area contributed by atoms with Gasteiger partial charge in [0.2, 0.25) is 0 Å². The van der Waals surface area contributed by atoms with Crippen LogP contribution < -0.4 is 20.1 Å². The van der Waals surface area contributed by atoms with Gasteiger partial charge in [-0.25, -0.2) is 0 Å². The lowest BCUT2D eigenvalue weighted by Crippen LogP contribution is -2.37. The number of ether oxygens (including phenoxy) is 3. The Morgan fingerprint density at radius 2 is 1.82 bits per heavy atom. The molecule has 122 valence electrons. The average Bonchev–Trinajstić information content (AvgIpc) is 2.54. The Balaban J connectivity index is 2.48. The zero-order valence-corrected chi connectivity index (χ0v) is 12.5. The van der Waals surface area contributed by atoms with Crippen LogP contribution in [0.15, 0.2) is 18.2 Å². The van der Waals surface area contributed by atoms with Gasteiger partial charge in [-0.05, 0) is 12.1 Å². The standard InChI is InChI=1S/C14H20N2O6/c1-20-11-4-3-10(9-12(11)21-2)16-14(19)13(18)15-5-7-22-8-6-17/h3-4,9,17H,5-8H2,1-2H3,(H,15,18)(H,16,19). The molecular weight excluding hydrogens is 292 g/mol. The summed E-state index contributed by atoms with van der Waals surface area (Å²) in [5.41, 5.74) is 0.411. The van der Waals surface area contributed by atoms with Crippen molar-refractivity contribution in [3.05, 3.63) is 18.2 Å². The van der Waals surface area contributed by atoms with Gasteiger partial charge in [0, 0.05) is 18.3 Å². The van der Waals surface area contributed by atoms with Gasteiger partial charge < -0.3 is 30.0 Å². The number of hydrogen-bond donors (Lipinski definition) is 3. The van der Waals surface area contributed by atoms with Crippen LogP contribution >= 0.6 is 0 Å². The molecule has 0 aromatic heterocycles. The second-order valence-electron chi connectivity index (χ2n) is 4.12. The highest BCUT2D eigenvalue weighted by molar-refractivity contribution is 6.39. The lowest BCUT2D eigenvalue weighted by molar-refractivity contribution is -0.136. The zero-order chi connectivity index (χ0) is 16.4. The van der Waals surface area contributed by atoms with E-state index in [4.69, 9.17) is 19.3 Å². The van der Waals surface area contributed by atoms with Crippen molar-refractivity contribution in [1.82, 2.24) is 5.32 Å². The van der Waals surface area contributed by atoms with Gasteiger partial charge in [-0.15, -0.1) is 0 Å². The van der Waals surface area contributed by atoms with Crippen molar-refractivity contribution in [2.45, 2.75) is 0 Å². The number of nitrogens with one attached hydrogen (secondary N) is 2. The second kappa shape index (κ2) is 9.59. The van der Waals surface area contributed by atoms with Crippen LogP contribution in [0.2, 0.25) is 0 Å². The fraction of sp³-hybridized carbons (Fsp3) is 0.429. The van der Waals surface area contributed by atoms with E-state index in [1.807, 2.05) is 0 Å². The zero-order valence-electron chi connectivity index (χ0n) is 12.5. The van der Waals surface area contributed by atoms with Gasteiger partial charge in [0.1, 0.15) is 0 Å². The molecule has 0 atom stereocenters. The number of amides is 2. The van der Waals surface area contributed by atoms with Crippen molar-refractivity contribution in [3.8, 4) is 11.5 Å². The molecule has 22 heavy (non-hydrogen) atoms. The summed E-state index contributed by atoms with van der Waals surface area (Å²) in [5, 5.41) is 13.4. The molecule has 0 saturated heterocycles. The number of anilines is 1. The van der Waals surface area contributed by atoms with Crippen LogP contribution in [0.3, 0.4) is 0 Å². The monoisotopic (exact) mass is 312 g/mol. The summed E-state index contributed by atoms with van der Waals surface area (Å²) in [6, 6.07) is 4.76. The SMILES string of the molecule is COc1ccc(NC(=O)C(=O)NCCOCCO)cc1OC. The van der Waals surface area contributed by atoms with Crippen LogP contribution in [0, 0.1) is 0 Å². The van der Waals surface area contributed by atoms with Crippen molar-refractivity contribution in [2.75, 3.05) is 45.9 Å². The van der Waals surface area contributed by atoms with Gasteiger partial charge in [0.25, 0.3) is 0 Å². The summed E-state index contributed by atoms with van der Waals surface area (Å²) in [7, 11) is 2.98. The first-order valence-corrected chi connectivity index (χ1v) is 6.62. The minimum absolute atomic E-state index is 0.0895. The molecule has 0 radical (unpaired) electrons. The van der Waals surface area contributed by atoms with Gasteiger partial charge in [0.15, 0.2) is 11.5 Å². The Morgan fingerprint density at radius 3 is 2.45 bits per heavy atom. The van der Waals surface area contributed by atoms with Crippen LogP contribution in [0.1, 0.15) is 0 Å². The molecule has 1 aromatic carbocycles. The molecule has 0 fully saturated rings. The maximum absolute atomic E-state index is 11.7. The molecular formula is C14H20N2O6. The molecule has 0 saturated carbocycles. The number of methoxy groups -OCH3 is 2. The third kappa shape index (κ3) is 5.58. The minimum Gasteiger partial charge on any atom is -0.493 e. The topological polar surface area (TPSA) is 106 Å². The predicted octanol–water partition coefficient (Wildman–Crippen LogP) is -0.233. The molecule has 0 aliphatic carbocycles.